The number of unbranched alkanes of at least 4 members (excludes halogenated alkanes) is 2. The number of rotatable bonds is 8. The van der Waals surface area contributed by atoms with Gasteiger partial charge in [-0.2, -0.15) is 0 Å². The zero-order valence-corrected chi connectivity index (χ0v) is 14.0. The molecule has 1 atom stereocenters. The van der Waals surface area contributed by atoms with Crippen LogP contribution in [0.15, 0.2) is 47.0 Å². The zero-order chi connectivity index (χ0) is 15.9. The Labute approximate surface area is 128 Å². The van der Waals surface area contributed by atoms with Gasteiger partial charge in [-0.1, -0.05) is 50.5 Å². The maximum atomic E-state index is 12.4. The zero-order valence-electron chi connectivity index (χ0n) is 13.1. The minimum atomic E-state index is -3.51. The number of aryl methyl sites for hydroxylation is 1. The lowest BCUT2D eigenvalue weighted by atomic mass is 10.0. The predicted octanol–water partition coefficient (Wildman–Crippen LogP) is 3.95. The maximum Gasteiger partial charge on any atom is 0.241 e. The van der Waals surface area contributed by atoms with Crippen molar-refractivity contribution in [2.75, 3.05) is 0 Å². The Balaban J connectivity index is 2.90. The average Bonchev–Trinajstić information content (AvgIpc) is 2.46. The van der Waals surface area contributed by atoms with Crippen LogP contribution in [0.5, 0.6) is 0 Å². The van der Waals surface area contributed by atoms with Gasteiger partial charge in [-0.25, -0.2) is 13.1 Å². The lowest BCUT2D eigenvalue weighted by Gasteiger charge is -2.18. The van der Waals surface area contributed by atoms with Crippen LogP contribution < -0.4 is 4.72 Å². The Kier molecular flexibility index (Phi) is 6.90. The van der Waals surface area contributed by atoms with Crippen molar-refractivity contribution < 1.29 is 8.42 Å². The summed E-state index contributed by atoms with van der Waals surface area (Å²) in [4.78, 5) is 0.297. The van der Waals surface area contributed by atoms with Gasteiger partial charge in [-0.05, 0) is 38.0 Å². The summed E-state index contributed by atoms with van der Waals surface area (Å²) in [5.41, 5.74) is 4.69. The first-order valence-electron chi connectivity index (χ1n) is 7.36. The van der Waals surface area contributed by atoms with Crippen LogP contribution in [0.4, 0.5) is 0 Å². The number of sulfonamides is 1. The molecule has 0 aliphatic carbocycles. The number of nitrogens with one attached hydrogen (secondary N) is 1. The van der Waals surface area contributed by atoms with E-state index in [-0.39, 0.29) is 6.04 Å². The van der Waals surface area contributed by atoms with Crippen molar-refractivity contribution in [1.82, 2.24) is 4.72 Å². The molecule has 116 valence electrons. The van der Waals surface area contributed by atoms with Crippen molar-refractivity contribution in [3.8, 4) is 0 Å². The third-order valence-corrected chi connectivity index (χ3v) is 5.01. The fourth-order valence-electron chi connectivity index (χ4n) is 2.06. The molecule has 1 aromatic rings. The lowest BCUT2D eigenvalue weighted by molar-refractivity contribution is 0.538. The van der Waals surface area contributed by atoms with Crippen molar-refractivity contribution in [1.29, 1.82) is 0 Å². The molecule has 1 rings (SSSR count). The van der Waals surface area contributed by atoms with E-state index in [1.165, 1.54) is 0 Å². The summed E-state index contributed by atoms with van der Waals surface area (Å²) in [5.74, 6) is 0. The summed E-state index contributed by atoms with van der Waals surface area (Å²) in [6.07, 6.45) is 3.95. The highest BCUT2D eigenvalue weighted by molar-refractivity contribution is 7.89. The summed E-state index contributed by atoms with van der Waals surface area (Å²) < 4.78 is 27.6. The van der Waals surface area contributed by atoms with Crippen molar-refractivity contribution in [2.45, 2.75) is 57.4 Å². The van der Waals surface area contributed by atoms with Crippen molar-refractivity contribution >= 4 is 10.0 Å². The molecule has 0 aliphatic heterocycles. The molecule has 0 saturated carbocycles. The van der Waals surface area contributed by atoms with Crippen LogP contribution in [0.2, 0.25) is 0 Å². The third kappa shape index (κ3) is 5.50. The molecule has 0 radical (unpaired) electrons. The van der Waals surface area contributed by atoms with Gasteiger partial charge in [-0.3, -0.25) is 0 Å². The SMILES string of the molecule is C=C=C(C)C(CCCCC)NS(=O)(=O)c1ccc(C)cc1. The maximum absolute atomic E-state index is 12.4. The highest BCUT2D eigenvalue weighted by atomic mass is 32.2. The Hall–Kier alpha value is -1.35. The van der Waals surface area contributed by atoms with E-state index < -0.39 is 10.0 Å². The number of hydrogen-bond acceptors (Lipinski definition) is 2. The van der Waals surface area contributed by atoms with E-state index in [2.05, 4.69) is 24.0 Å². The molecule has 0 aromatic heterocycles. The molecule has 3 nitrogen and oxygen atoms in total. The molecular weight excluding hydrogens is 282 g/mol. The topological polar surface area (TPSA) is 46.2 Å². The first-order chi connectivity index (χ1) is 9.90. The Morgan fingerprint density at radius 3 is 2.43 bits per heavy atom. The van der Waals surface area contributed by atoms with Crippen molar-refractivity contribution in [2.24, 2.45) is 0 Å². The summed E-state index contributed by atoms with van der Waals surface area (Å²) >= 11 is 0. The average molecular weight is 307 g/mol. The molecule has 21 heavy (non-hydrogen) atoms. The molecule has 0 saturated heterocycles. The Morgan fingerprint density at radius 2 is 1.90 bits per heavy atom. The molecule has 0 fully saturated rings. The second kappa shape index (κ2) is 8.18. The molecule has 1 unspecified atom stereocenters. The van der Waals surface area contributed by atoms with Gasteiger partial charge >= 0.3 is 0 Å². The van der Waals surface area contributed by atoms with Crippen LogP contribution >= 0.6 is 0 Å². The van der Waals surface area contributed by atoms with Gasteiger partial charge < -0.3 is 0 Å². The summed E-state index contributed by atoms with van der Waals surface area (Å²) in [6, 6.07) is 6.63. The Morgan fingerprint density at radius 1 is 1.29 bits per heavy atom. The van der Waals surface area contributed by atoms with Crippen LogP contribution in [-0.4, -0.2) is 14.5 Å². The van der Waals surface area contributed by atoms with E-state index >= 15 is 0 Å². The largest absolute Gasteiger partial charge is 0.241 e. The van der Waals surface area contributed by atoms with Crippen molar-refractivity contribution in [3.05, 3.63) is 47.7 Å². The Bertz CT molecular complexity index is 596. The summed E-state index contributed by atoms with van der Waals surface area (Å²) in [7, 11) is -3.51. The smallest absolute Gasteiger partial charge is 0.207 e. The molecule has 4 heteroatoms. The first kappa shape index (κ1) is 17.7. The van der Waals surface area contributed by atoms with Crippen LogP contribution in [-0.2, 0) is 10.0 Å². The monoisotopic (exact) mass is 307 g/mol. The van der Waals surface area contributed by atoms with Gasteiger partial charge in [-0.15, -0.1) is 5.73 Å². The van der Waals surface area contributed by atoms with Gasteiger partial charge in [0.15, 0.2) is 0 Å². The second-order valence-electron chi connectivity index (χ2n) is 5.34. The standard InChI is InChI=1S/C17H25NO2S/c1-5-7-8-9-17(15(4)6-2)18-21(19,20)16-12-10-14(3)11-13-16/h10-13,17-18H,2,5,7-9H2,1,3-4H3. The predicted molar refractivity (Wildman–Crippen MR) is 87.8 cm³/mol. The van der Waals surface area contributed by atoms with Gasteiger partial charge in [0.2, 0.25) is 10.0 Å². The second-order valence-corrected chi connectivity index (χ2v) is 7.06. The van der Waals surface area contributed by atoms with Gasteiger partial charge in [0, 0.05) is 0 Å². The van der Waals surface area contributed by atoms with Crippen LogP contribution in [0.1, 0.15) is 45.1 Å². The molecular formula is C17H25NO2S. The van der Waals surface area contributed by atoms with Crippen molar-refractivity contribution in [3.63, 3.8) is 0 Å². The van der Waals surface area contributed by atoms with E-state index in [1.54, 1.807) is 24.3 Å². The number of hydrogen-bond donors (Lipinski definition) is 1. The summed E-state index contributed by atoms with van der Waals surface area (Å²) in [5, 5.41) is 0. The minimum absolute atomic E-state index is 0.236. The van der Waals surface area contributed by atoms with Crippen LogP contribution in [0, 0.1) is 6.92 Å². The van der Waals surface area contributed by atoms with E-state index in [9.17, 15) is 8.42 Å². The number of benzene rings is 1. The molecule has 1 aromatic carbocycles. The van der Waals surface area contributed by atoms with Gasteiger partial charge in [0.05, 0.1) is 10.9 Å². The fraction of sp³-hybridized carbons (Fsp3) is 0.471. The molecule has 1 N–H and O–H groups in total. The normalized spacial score (nSPS) is 12.7. The highest BCUT2D eigenvalue weighted by Gasteiger charge is 2.20. The van der Waals surface area contributed by atoms with Crippen LogP contribution in [0.25, 0.3) is 0 Å². The molecule has 0 heterocycles. The third-order valence-electron chi connectivity index (χ3n) is 3.53. The van der Waals surface area contributed by atoms with E-state index in [4.69, 9.17) is 0 Å². The fourth-order valence-corrected chi connectivity index (χ4v) is 3.36. The minimum Gasteiger partial charge on any atom is -0.207 e. The van der Waals surface area contributed by atoms with Gasteiger partial charge in [0.1, 0.15) is 0 Å². The highest BCUT2D eigenvalue weighted by Crippen LogP contribution is 2.16. The summed E-state index contributed by atoms with van der Waals surface area (Å²) in [6.45, 7) is 9.55. The van der Waals surface area contributed by atoms with Gasteiger partial charge in [0.25, 0.3) is 0 Å². The molecule has 0 bridgehead atoms. The quantitative estimate of drug-likeness (QED) is 0.584. The van der Waals surface area contributed by atoms with E-state index in [1.807, 2.05) is 13.8 Å². The molecule has 0 aliphatic rings. The first-order valence-corrected chi connectivity index (χ1v) is 8.84. The molecule has 0 spiro atoms. The van der Waals surface area contributed by atoms with E-state index in [0.29, 0.717) is 4.90 Å². The van der Waals surface area contributed by atoms with Crippen LogP contribution in [0.3, 0.4) is 0 Å². The molecule has 0 amide bonds. The van der Waals surface area contributed by atoms with E-state index in [0.717, 1.165) is 36.8 Å². The lowest BCUT2D eigenvalue weighted by Crippen LogP contribution is -2.35.